The molecule has 0 fully saturated rings. The molecule has 1 aromatic rings. The molecule has 0 unspecified atom stereocenters. The average molecular weight is 266 g/mol. The number of nitrogens with zero attached hydrogens (tertiary/aromatic N) is 1. The zero-order valence-corrected chi connectivity index (χ0v) is 8.81. The van der Waals surface area contributed by atoms with Gasteiger partial charge in [-0.05, 0) is 6.07 Å². The summed E-state index contributed by atoms with van der Waals surface area (Å²) < 4.78 is 63.3. The van der Waals surface area contributed by atoms with Crippen molar-refractivity contribution in [1.82, 2.24) is 0 Å². The van der Waals surface area contributed by atoms with Gasteiger partial charge in [-0.25, -0.2) is 8.78 Å². The van der Waals surface area contributed by atoms with Crippen molar-refractivity contribution in [2.45, 2.75) is 6.18 Å². The normalized spacial score (nSPS) is 15.4. The predicted octanol–water partition coefficient (Wildman–Crippen LogP) is 2.29. The molecule has 1 aliphatic rings. The molecule has 1 aliphatic heterocycles. The highest BCUT2D eigenvalue weighted by Gasteiger charge is 2.35. The molecule has 0 aromatic heterocycles. The van der Waals surface area contributed by atoms with E-state index in [1.807, 2.05) is 0 Å². The molecule has 1 amide bonds. The Morgan fingerprint density at radius 2 is 1.94 bits per heavy atom. The van der Waals surface area contributed by atoms with Gasteiger partial charge in [0.15, 0.2) is 5.82 Å². The minimum atomic E-state index is -4.57. The number of halogens is 5. The maximum Gasteiger partial charge on any atom is 0.405 e. The lowest BCUT2D eigenvalue weighted by molar-refractivity contribution is -0.122. The maximum absolute atomic E-state index is 13.3. The number of nitrogens with one attached hydrogen (secondary N) is 1. The molecule has 0 aliphatic carbocycles. The Hall–Kier alpha value is -1.86. The number of carbonyl (C=O) groups excluding carboxylic acids is 1. The number of fused-ring (bicyclic) bond motifs is 1. The van der Waals surface area contributed by atoms with Crippen LogP contribution in [0.1, 0.15) is 0 Å². The summed E-state index contributed by atoms with van der Waals surface area (Å²) in [5, 5.41) is 2.08. The lowest BCUT2D eigenvalue weighted by Gasteiger charge is -2.31. The third-order valence-corrected chi connectivity index (χ3v) is 2.34. The van der Waals surface area contributed by atoms with Crippen LogP contribution >= 0.6 is 0 Å². The first-order chi connectivity index (χ1) is 8.26. The van der Waals surface area contributed by atoms with E-state index in [1.165, 1.54) is 0 Å². The number of anilines is 2. The molecule has 1 heterocycles. The van der Waals surface area contributed by atoms with E-state index < -0.39 is 42.5 Å². The molecule has 0 spiro atoms. The number of hydrogen-bond donors (Lipinski definition) is 1. The second-order valence-corrected chi connectivity index (χ2v) is 3.80. The SMILES string of the molecule is O=C1CN(CC(F)(F)F)c2cc(F)cc(F)c2N1. The van der Waals surface area contributed by atoms with Crippen LogP contribution in [-0.2, 0) is 4.79 Å². The second-order valence-electron chi connectivity index (χ2n) is 3.80. The van der Waals surface area contributed by atoms with Gasteiger partial charge in [-0.2, -0.15) is 13.2 Å². The fourth-order valence-corrected chi connectivity index (χ4v) is 1.73. The zero-order chi connectivity index (χ0) is 13.5. The summed E-state index contributed by atoms with van der Waals surface area (Å²) in [6.45, 7) is -2.05. The van der Waals surface area contributed by atoms with Crippen molar-refractivity contribution < 1.29 is 26.7 Å². The lowest BCUT2D eigenvalue weighted by atomic mass is 10.1. The van der Waals surface area contributed by atoms with E-state index in [0.717, 1.165) is 6.07 Å². The van der Waals surface area contributed by atoms with E-state index in [-0.39, 0.29) is 5.69 Å². The van der Waals surface area contributed by atoms with Gasteiger partial charge >= 0.3 is 6.18 Å². The summed E-state index contributed by atoms with van der Waals surface area (Å²) in [5.74, 6) is -2.89. The van der Waals surface area contributed by atoms with Crippen LogP contribution in [0.3, 0.4) is 0 Å². The van der Waals surface area contributed by atoms with Crippen LogP contribution in [0, 0.1) is 11.6 Å². The fourth-order valence-electron chi connectivity index (χ4n) is 1.73. The lowest BCUT2D eigenvalue weighted by Crippen LogP contribution is -2.43. The molecule has 3 nitrogen and oxygen atoms in total. The van der Waals surface area contributed by atoms with Crippen molar-refractivity contribution in [1.29, 1.82) is 0 Å². The van der Waals surface area contributed by atoms with Crippen molar-refractivity contribution in [2.24, 2.45) is 0 Å². The van der Waals surface area contributed by atoms with Crippen molar-refractivity contribution >= 4 is 17.3 Å². The fraction of sp³-hybridized carbons (Fsp3) is 0.300. The van der Waals surface area contributed by atoms with Gasteiger partial charge in [-0.3, -0.25) is 4.79 Å². The number of benzene rings is 1. The van der Waals surface area contributed by atoms with Crippen molar-refractivity contribution in [3.05, 3.63) is 23.8 Å². The smallest absolute Gasteiger partial charge is 0.351 e. The minimum absolute atomic E-state index is 0.315. The van der Waals surface area contributed by atoms with Crippen molar-refractivity contribution in [3.63, 3.8) is 0 Å². The number of rotatable bonds is 1. The van der Waals surface area contributed by atoms with Crippen LogP contribution in [0.4, 0.5) is 33.3 Å². The van der Waals surface area contributed by atoms with Gasteiger partial charge in [0.2, 0.25) is 5.91 Å². The summed E-state index contributed by atoms with van der Waals surface area (Å²) in [6, 6.07) is 1.25. The van der Waals surface area contributed by atoms with Crippen LogP contribution in [0.15, 0.2) is 12.1 Å². The third kappa shape index (κ3) is 2.52. The van der Waals surface area contributed by atoms with E-state index in [1.54, 1.807) is 0 Å². The molecule has 18 heavy (non-hydrogen) atoms. The molecule has 98 valence electrons. The molecular weight excluding hydrogens is 259 g/mol. The van der Waals surface area contributed by atoms with Crippen LogP contribution in [0.25, 0.3) is 0 Å². The first kappa shape index (κ1) is 12.6. The summed E-state index contributed by atoms with van der Waals surface area (Å²) in [6.07, 6.45) is -4.57. The summed E-state index contributed by atoms with van der Waals surface area (Å²) in [7, 11) is 0. The highest BCUT2D eigenvalue weighted by Crippen LogP contribution is 2.34. The minimum Gasteiger partial charge on any atom is -0.351 e. The quantitative estimate of drug-likeness (QED) is 0.791. The molecule has 2 rings (SSSR count). The third-order valence-electron chi connectivity index (χ3n) is 2.34. The topological polar surface area (TPSA) is 32.3 Å². The molecule has 0 saturated carbocycles. The van der Waals surface area contributed by atoms with E-state index >= 15 is 0 Å². The van der Waals surface area contributed by atoms with Crippen molar-refractivity contribution in [3.8, 4) is 0 Å². The summed E-state index contributed by atoms with van der Waals surface area (Å²) in [4.78, 5) is 11.8. The maximum atomic E-state index is 13.3. The Morgan fingerprint density at radius 1 is 1.28 bits per heavy atom. The number of amides is 1. The molecule has 8 heteroatoms. The first-order valence-electron chi connectivity index (χ1n) is 4.87. The molecular formula is C10H7F5N2O. The molecule has 0 saturated heterocycles. The molecule has 0 bridgehead atoms. The van der Waals surface area contributed by atoms with Crippen LogP contribution in [0.2, 0.25) is 0 Å². The van der Waals surface area contributed by atoms with E-state index in [4.69, 9.17) is 0 Å². The van der Waals surface area contributed by atoms with E-state index in [2.05, 4.69) is 5.32 Å². The van der Waals surface area contributed by atoms with Gasteiger partial charge in [0, 0.05) is 6.07 Å². The largest absolute Gasteiger partial charge is 0.405 e. The Morgan fingerprint density at radius 3 is 2.56 bits per heavy atom. The Labute approximate surface area is 98.2 Å². The molecule has 1 N–H and O–H groups in total. The Bertz CT molecular complexity index is 500. The van der Waals surface area contributed by atoms with Crippen LogP contribution in [-0.4, -0.2) is 25.2 Å². The molecule has 0 atom stereocenters. The zero-order valence-electron chi connectivity index (χ0n) is 8.81. The highest BCUT2D eigenvalue weighted by molar-refractivity contribution is 6.01. The summed E-state index contributed by atoms with van der Waals surface area (Å²) >= 11 is 0. The second kappa shape index (κ2) is 4.11. The standard InChI is InChI=1S/C10H7F5N2O/c11-5-1-6(12)9-7(2-5)17(3-8(18)16-9)4-10(13,14)15/h1-2H,3-4H2,(H,16,18). The summed E-state index contributed by atoms with van der Waals surface area (Å²) in [5.41, 5.74) is -0.749. The number of alkyl halides is 3. The van der Waals surface area contributed by atoms with E-state index in [9.17, 15) is 26.7 Å². The van der Waals surface area contributed by atoms with Gasteiger partial charge in [0.1, 0.15) is 18.0 Å². The van der Waals surface area contributed by atoms with Gasteiger partial charge in [-0.15, -0.1) is 0 Å². The average Bonchev–Trinajstić information content (AvgIpc) is 2.17. The first-order valence-corrected chi connectivity index (χ1v) is 4.87. The van der Waals surface area contributed by atoms with Crippen LogP contribution < -0.4 is 10.2 Å². The van der Waals surface area contributed by atoms with Crippen LogP contribution in [0.5, 0.6) is 0 Å². The Balaban J connectivity index is 2.44. The van der Waals surface area contributed by atoms with Gasteiger partial charge < -0.3 is 10.2 Å². The Kier molecular flexibility index (Phi) is 2.88. The molecule has 1 aromatic carbocycles. The molecule has 0 radical (unpaired) electrons. The highest BCUT2D eigenvalue weighted by atomic mass is 19.4. The van der Waals surface area contributed by atoms with Gasteiger partial charge in [0.05, 0.1) is 12.2 Å². The monoisotopic (exact) mass is 266 g/mol. The number of hydrogen-bond acceptors (Lipinski definition) is 2. The van der Waals surface area contributed by atoms with E-state index in [0.29, 0.717) is 11.0 Å². The van der Waals surface area contributed by atoms with Gasteiger partial charge in [-0.1, -0.05) is 0 Å². The van der Waals surface area contributed by atoms with Crippen molar-refractivity contribution in [2.75, 3.05) is 23.3 Å². The predicted molar refractivity (Wildman–Crippen MR) is 53.3 cm³/mol. The van der Waals surface area contributed by atoms with Gasteiger partial charge in [0.25, 0.3) is 0 Å². The number of carbonyl (C=O) groups is 1.